The maximum atomic E-state index is 12.3. The standard InChI is InChI=1S/C22H28N6O3/c1-14-11-12-27(25-14)18-9-10-20(16(3)15(18)2)31-13-17-19(7-6-8-21(17)30-5)28(24)22(29)26(4)23/h6-12H,13,23-24H2,1-5H3. The maximum Gasteiger partial charge on any atom is 0.352 e. The Morgan fingerprint density at radius 2 is 1.81 bits per heavy atom. The first kappa shape index (κ1) is 22.1. The van der Waals surface area contributed by atoms with Gasteiger partial charge in [-0.05, 0) is 62.2 Å². The molecule has 1 aromatic heterocycles. The van der Waals surface area contributed by atoms with Crippen LogP contribution < -0.4 is 26.2 Å². The molecule has 0 aliphatic carbocycles. The third-order valence-corrected chi connectivity index (χ3v) is 5.15. The van der Waals surface area contributed by atoms with E-state index in [4.69, 9.17) is 21.2 Å². The lowest BCUT2D eigenvalue weighted by molar-refractivity contribution is 0.216. The van der Waals surface area contributed by atoms with Crippen LogP contribution in [0.15, 0.2) is 42.6 Å². The van der Waals surface area contributed by atoms with Gasteiger partial charge in [-0.15, -0.1) is 0 Å². The smallest absolute Gasteiger partial charge is 0.352 e. The molecule has 0 saturated heterocycles. The fourth-order valence-electron chi connectivity index (χ4n) is 3.27. The Bertz CT molecular complexity index is 1090. The van der Waals surface area contributed by atoms with E-state index in [9.17, 15) is 4.79 Å². The van der Waals surface area contributed by atoms with Gasteiger partial charge >= 0.3 is 6.03 Å². The van der Waals surface area contributed by atoms with Crippen LogP contribution in [-0.2, 0) is 6.61 Å². The minimum absolute atomic E-state index is 0.148. The summed E-state index contributed by atoms with van der Waals surface area (Å²) in [5.41, 5.74) is 5.06. The number of ether oxygens (including phenoxy) is 2. The molecule has 9 heteroatoms. The molecule has 4 N–H and O–H groups in total. The molecule has 0 radical (unpaired) electrons. The van der Waals surface area contributed by atoms with E-state index in [1.54, 1.807) is 25.3 Å². The van der Waals surface area contributed by atoms with E-state index >= 15 is 0 Å². The number of carbonyl (C=O) groups is 1. The Morgan fingerprint density at radius 3 is 2.42 bits per heavy atom. The largest absolute Gasteiger partial charge is 0.496 e. The Labute approximate surface area is 181 Å². The van der Waals surface area contributed by atoms with E-state index in [2.05, 4.69) is 5.10 Å². The van der Waals surface area contributed by atoms with Crippen LogP contribution in [0.4, 0.5) is 10.5 Å². The Kier molecular flexibility index (Phi) is 6.47. The second kappa shape index (κ2) is 9.07. The molecule has 0 fully saturated rings. The zero-order chi connectivity index (χ0) is 22.7. The Morgan fingerprint density at radius 1 is 1.06 bits per heavy atom. The summed E-state index contributed by atoms with van der Waals surface area (Å²) in [6, 6.07) is 10.5. The highest BCUT2D eigenvalue weighted by atomic mass is 16.5. The summed E-state index contributed by atoms with van der Waals surface area (Å²) in [7, 11) is 2.98. The lowest BCUT2D eigenvalue weighted by Crippen LogP contribution is -2.49. The van der Waals surface area contributed by atoms with Crippen LogP contribution in [0.1, 0.15) is 22.4 Å². The van der Waals surface area contributed by atoms with Gasteiger partial charge in [0.2, 0.25) is 0 Å². The number of amides is 2. The van der Waals surface area contributed by atoms with Crippen LogP contribution in [0.2, 0.25) is 0 Å². The SMILES string of the molecule is COc1cccc(N(N)C(=O)N(C)N)c1COc1ccc(-n2ccc(C)n2)c(C)c1C. The van der Waals surface area contributed by atoms with Gasteiger partial charge in [-0.3, -0.25) is 5.01 Å². The highest BCUT2D eigenvalue weighted by Crippen LogP contribution is 2.32. The molecular weight excluding hydrogens is 396 g/mol. The number of hydrazine groups is 2. The fraction of sp³-hybridized carbons (Fsp3) is 0.273. The monoisotopic (exact) mass is 424 g/mol. The molecule has 2 aromatic carbocycles. The average molecular weight is 425 g/mol. The van der Waals surface area contributed by atoms with Gasteiger partial charge in [-0.1, -0.05) is 6.07 Å². The van der Waals surface area contributed by atoms with Gasteiger partial charge in [0.25, 0.3) is 0 Å². The van der Waals surface area contributed by atoms with Crippen LogP contribution in [0.25, 0.3) is 5.69 Å². The Hall–Kier alpha value is -3.56. The van der Waals surface area contributed by atoms with Crippen molar-refractivity contribution < 1.29 is 14.3 Å². The summed E-state index contributed by atoms with van der Waals surface area (Å²) in [5, 5.41) is 6.37. The minimum Gasteiger partial charge on any atom is -0.496 e. The second-order valence-electron chi connectivity index (χ2n) is 7.24. The average Bonchev–Trinajstić information content (AvgIpc) is 3.19. The van der Waals surface area contributed by atoms with E-state index in [0.29, 0.717) is 22.7 Å². The van der Waals surface area contributed by atoms with Crippen molar-refractivity contribution in [3.8, 4) is 17.2 Å². The number of nitrogens with zero attached hydrogens (tertiary/aromatic N) is 4. The molecule has 3 aromatic rings. The predicted molar refractivity (Wildman–Crippen MR) is 119 cm³/mol. The summed E-state index contributed by atoms with van der Waals surface area (Å²) < 4.78 is 13.4. The molecule has 0 spiro atoms. The molecule has 0 saturated carbocycles. The van der Waals surface area contributed by atoms with Crippen LogP contribution >= 0.6 is 0 Å². The summed E-state index contributed by atoms with van der Waals surface area (Å²) >= 11 is 0. The molecule has 0 aliphatic rings. The molecule has 0 atom stereocenters. The van der Waals surface area contributed by atoms with Crippen molar-refractivity contribution in [1.82, 2.24) is 14.8 Å². The van der Waals surface area contributed by atoms with Crippen molar-refractivity contribution in [1.29, 1.82) is 0 Å². The van der Waals surface area contributed by atoms with Gasteiger partial charge in [-0.2, -0.15) is 5.10 Å². The minimum atomic E-state index is -0.569. The molecule has 9 nitrogen and oxygen atoms in total. The van der Waals surface area contributed by atoms with Crippen LogP contribution in [0, 0.1) is 20.8 Å². The summed E-state index contributed by atoms with van der Waals surface area (Å²) in [5.74, 6) is 12.8. The zero-order valence-corrected chi connectivity index (χ0v) is 18.4. The summed E-state index contributed by atoms with van der Waals surface area (Å²) in [6.45, 7) is 6.13. The van der Waals surface area contributed by atoms with Crippen LogP contribution in [-0.4, -0.2) is 35.0 Å². The predicted octanol–water partition coefficient (Wildman–Crippen LogP) is 2.99. The molecule has 164 valence electrons. The highest BCUT2D eigenvalue weighted by molar-refractivity contribution is 5.91. The number of nitrogens with two attached hydrogens (primary N) is 2. The highest BCUT2D eigenvalue weighted by Gasteiger charge is 2.21. The van der Waals surface area contributed by atoms with E-state index < -0.39 is 6.03 Å². The molecule has 0 unspecified atom stereocenters. The lowest BCUT2D eigenvalue weighted by Gasteiger charge is -2.24. The number of hydrogen-bond donors (Lipinski definition) is 2. The van der Waals surface area contributed by atoms with E-state index in [1.807, 2.05) is 49.8 Å². The van der Waals surface area contributed by atoms with Crippen molar-refractivity contribution >= 4 is 11.7 Å². The van der Waals surface area contributed by atoms with Crippen LogP contribution in [0.3, 0.4) is 0 Å². The molecule has 3 rings (SSSR count). The van der Waals surface area contributed by atoms with Crippen molar-refractivity contribution in [3.63, 3.8) is 0 Å². The molecular formula is C22H28N6O3. The van der Waals surface area contributed by atoms with Gasteiger partial charge in [0.05, 0.1) is 29.7 Å². The number of hydrogen-bond acceptors (Lipinski definition) is 6. The molecule has 0 aliphatic heterocycles. The fourth-order valence-corrected chi connectivity index (χ4v) is 3.27. The summed E-state index contributed by atoms with van der Waals surface area (Å²) in [6.07, 6.45) is 1.93. The van der Waals surface area contributed by atoms with Crippen LogP contribution in [0.5, 0.6) is 11.5 Å². The van der Waals surface area contributed by atoms with Gasteiger partial charge < -0.3 is 9.47 Å². The normalized spacial score (nSPS) is 10.7. The number of rotatable bonds is 6. The molecule has 0 bridgehead atoms. The first-order valence-electron chi connectivity index (χ1n) is 9.73. The van der Waals surface area contributed by atoms with E-state index in [0.717, 1.165) is 32.5 Å². The lowest BCUT2D eigenvalue weighted by atomic mass is 10.1. The van der Waals surface area contributed by atoms with Gasteiger partial charge in [0, 0.05) is 13.2 Å². The third-order valence-electron chi connectivity index (χ3n) is 5.15. The maximum absolute atomic E-state index is 12.3. The number of aromatic nitrogens is 2. The first-order chi connectivity index (χ1) is 14.7. The van der Waals surface area contributed by atoms with E-state index in [-0.39, 0.29) is 6.61 Å². The number of aryl methyl sites for hydroxylation is 1. The topological polar surface area (TPSA) is 112 Å². The number of anilines is 1. The second-order valence-corrected chi connectivity index (χ2v) is 7.24. The van der Waals surface area contributed by atoms with Crippen molar-refractivity contribution in [3.05, 3.63) is 65.0 Å². The Balaban J connectivity index is 1.90. The summed E-state index contributed by atoms with van der Waals surface area (Å²) in [4.78, 5) is 12.3. The van der Waals surface area contributed by atoms with Gasteiger partial charge in [0.1, 0.15) is 18.1 Å². The third kappa shape index (κ3) is 4.47. The van der Waals surface area contributed by atoms with Gasteiger partial charge in [0.15, 0.2) is 0 Å². The van der Waals surface area contributed by atoms with Crippen molar-refractivity contribution in [2.24, 2.45) is 11.7 Å². The molecule has 2 amide bonds. The van der Waals surface area contributed by atoms with Gasteiger partial charge in [-0.25, -0.2) is 26.2 Å². The number of urea groups is 1. The number of benzene rings is 2. The molecule has 31 heavy (non-hydrogen) atoms. The first-order valence-corrected chi connectivity index (χ1v) is 9.73. The zero-order valence-electron chi connectivity index (χ0n) is 18.4. The number of methoxy groups -OCH3 is 1. The molecule has 1 heterocycles. The quantitative estimate of drug-likeness (QED) is 0.357. The van der Waals surface area contributed by atoms with Crippen molar-refractivity contribution in [2.45, 2.75) is 27.4 Å². The number of carbonyl (C=O) groups excluding carboxylic acids is 1. The van der Waals surface area contributed by atoms with E-state index in [1.165, 1.54) is 7.05 Å². The van der Waals surface area contributed by atoms with Crippen molar-refractivity contribution in [2.75, 3.05) is 19.2 Å².